The largest absolute Gasteiger partial charge is 0.469 e. The van der Waals surface area contributed by atoms with E-state index in [1.807, 2.05) is 18.2 Å². The molecule has 0 amide bonds. The Hall–Kier alpha value is -1.65. The summed E-state index contributed by atoms with van der Waals surface area (Å²) in [4.78, 5) is 1.22. The Kier molecular flexibility index (Phi) is 4.36. The van der Waals surface area contributed by atoms with Crippen LogP contribution in [-0.4, -0.2) is 6.54 Å². The molecule has 0 radical (unpaired) electrons. The molecule has 0 bridgehead atoms. The predicted molar refractivity (Wildman–Crippen MR) is 85.2 cm³/mol. The highest BCUT2D eigenvalue weighted by Gasteiger charge is 2.16. The van der Waals surface area contributed by atoms with Crippen LogP contribution in [0.3, 0.4) is 0 Å². The van der Waals surface area contributed by atoms with E-state index >= 15 is 0 Å². The van der Waals surface area contributed by atoms with Gasteiger partial charge >= 0.3 is 0 Å². The fourth-order valence-corrected chi connectivity index (χ4v) is 3.55. The van der Waals surface area contributed by atoms with Crippen LogP contribution in [0.1, 0.15) is 30.0 Å². The molecule has 1 N–H and O–H groups in total. The number of furan rings is 1. The lowest BCUT2D eigenvalue weighted by atomic mass is 10.1. The van der Waals surface area contributed by atoms with E-state index in [-0.39, 0.29) is 11.9 Å². The normalized spacial score (nSPS) is 12.9. The predicted octanol–water partition coefficient (Wildman–Crippen LogP) is 4.92. The van der Waals surface area contributed by atoms with Gasteiger partial charge in [0.15, 0.2) is 0 Å². The number of thiophene rings is 1. The lowest BCUT2D eigenvalue weighted by Crippen LogP contribution is -2.23. The number of nitrogens with one attached hydrogen (secondary N) is 1. The van der Waals surface area contributed by atoms with Crippen molar-refractivity contribution >= 4 is 21.4 Å². The highest BCUT2D eigenvalue weighted by molar-refractivity contribution is 7.19. The Labute approximate surface area is 127 Å². The van der Waals surface area contributed by atoms with E-state index in [9.17, 15) is 4.39 Å². The maximum absolute atomic E-state index is 13.3. The van der Waals surface area contributed by atoms with Crippen LogP contribution in [-0.2, 0) is 6.42 Å². The van der Waals surface area contributed by atoms with Crippen LogP contribution in [0.5, 0.6) is 0 Å². The fraction of sp³-hybridized carbons (Fsp3) is 0.294. The Morgan fingerprint density at radius 3 is 2.95 bits per heavy atom. The minimum Gasteiger partial charge on any atom is -0.469 e. The first-order valence-electron chi connectivity index (χ1n) is 7.21. The van der Waals surface area contributed by atoms with Crippen LogP contribution in [0.15, 0.2) is 47.1 Å². The summed E-state index contributed by atoms with van der Waals surface area (Å²) < 4.78 is 19.9. The number of rotatable bonds is 6. The molecule has 1 unspecified atom stereocenters. The van der Waals surface area contributed by atoms with Crippen molar-refractivity contribution in [3.05, 3.63) is 59.1 Å². The van der Waals surface area contributed by atoms with Gasteiger partial charge in [-0.1, -0.05) is 6.92 Å². The average Bonchev–Trinajstić information content (AvgIpc) is 3.11. The first-order valence-corrected chi connectivity index (χ1v) is 8.02. The highest BCUT2D eigenvalue weighted by Crippen LogP contribution is 2.32. The molecule has 0 saturated heterocycles. The van der Waals surface area contributed by atoms with Gasteiger partial charge in [-0.05, 0) is 54.8 Å². The molecule has 110 valence electrons. The van der Waals surface area contributed by atoms with Gasteiger partial charge < -0.3 is 9.73 Å². The molecule has 2 aromatic heterocycles. The van der Waals surface area contributed by atoms with Gasteiger partial charge in [-0.15, -0.1) is 11.3 Å². The third-order valence-corrected chi connectivity index (χ3v) is 4.70. The van der Waals surface area contributed by atoms with Crippen LogP contribution >= 0.6 is 11.3 Å². The van der Waals surface area contributed by atoms with Gasteiger partial charge in [0.2, 0.25) is 0 Å². The molecule has 0 aliphatic rings. The zero-order valence-corrected chi connectivity index (χ0v) is 12.8. The smallest absolute Gasteiger partial charge is 0.123 e. The third-order valence-electron chi connectivity index (χ3n) is 3.47. The van der Waals surface area contributed by atoms with Crippen molar-refractivity contribution < 1.29 is 8.81 Å². The highest BCUT2D eigenvalue weighted by atomic mass is 32.1. The molecule has 2 nitrogen and oxygen atoms in total. The van der Waals surface area contributed by atoms with Crippen LogP contribution in [0.25, 0.3) is 10.1 Å². The molecule has 0 aliphatic carbocycles. The summed E-state index contributed by atoms with van der Waals surface area (Å²) in [5.41, 5.74) is 0. The molecule has 3 aromatic rings. The summed E-state index contributed by atoms with van der Waals surface area (Å²) in [6.07, 6.45) is 3.59. The molecular weight excluding hydrogens is 285 g/mol. The number of benzene rings is 1. The van der Waals surface area contributed by atoms with E-state index in [1.165, 1.54) is 10.9 Å². The van der Waals surface area contributed by atoms with Gasteiger partial charge in [0.05, 0.1) is 6.26 Å². The molecular formula is C17H18FNOS. The summed E-state index contributed by atoms with van der Waals surface area (Å²) in [6.45, 7) is 3.10. The van der Waals surface area contributed by atoms with Crippen molar-refractivity contribution in [1.82, 2.24) is 5.32 Å². The molecule has 21 heavy (non-hydrogen) atoms. The molecule has 0 fully saturated rings. The van der Waals surface area contributed by atoms with Gasteiger partial charge in [0.25, 0.3) is 0 Å². The molecule has 1 atom stereocenters. The first-order chi connectivity index (χ1) is 10.3. The Morgan fingerprint density at radius 2 is 2.19 bits per heavy atom. The lowest BCUT2D eigenvalue weighted by molar-refractivity contribution is 0.452. The van der Waals surface area contributed by atoms with E-state index in [0.29, 0.717) is 0 Å². The first kappa shape index (κ1) is 14.3. The van der Waals surface area contributed by atoms with Gasteiger partial charge in [0, 0.05) is 22.0 Å². The molecule has 2 heterocycles. The van der Waals surface area contributed by atoms with Crippen molar-refractivity contribution in [1.29, 1.82) is 0 Å². The van der Waals surface area contributed by atoms with Crippen molar-refractivity contribution in [3.8, 4) is 0 Å². The molecule has 4 heteroatoms. The van der Waals surface area contributed by atoms with E-state index in [4.69, 9.17) is 4.42 Å². The van der Waals surface area contributed by atoms with Crippen LogP contribution in [0.4, 0.5) is 4.39 Å². The summed E-state index contributed by atoms with van der Waals surface area (Å²) in [6, 6.07) is 11.2. The number of hydrogen-bond donors (Lipinski definition) is 1. The standard InChI is InChI=1S/C17H18FNOS/c1-2-7-19-15(11-14-4-3-8-20-14)17-10-12-9-13(18)5-6-16(12)21-17/h3-6,8-10,15,19H,2,7,11H2,1H3. The van der Waals surface area contributed by atoms with Crippen molar-refractivity contribution in [2.75, 3.05) is 6.54 Å². The van der Waals surface area contributed by atoms with E-state index in [0.717, 1.165) is 35.2 Å². The van der Waals surface area contributed by atoms with Gasteiger partial charge in [-0.3, -0.25) is 0 Å². The fourth-order valence-electron chi connectivity index (χ4n) is 2.43. The Bertz CT molecular complexity index is 705. The molecule has 0 saturated carbocycles. The molecule has 3 rings (SSSR count). The minimum atomic E-state index is -0.184. The second-order valence-corrected chi connectivity index (χ2v) is 6.24. The SMILES string of the molecule is CCCNC(Cc1ccco1)c1cc2cc(F)ccc2s1. The summed E-state index contributed by atoms with van der Waals surface area (Å²) in [5.74, 6) is 0.781. The van der Waals surface area contributed by atoms with Crippen molar-refractivity contribution in [2.24, 2.45) is 0 Å². The molecule has 0 aliphatic heterocycles. The zero-order chi connectivity index (χ0) is 14.7. The Morgan fingerprint density at radius 1 is 1.29 bits per heavy atom. The van der Waals surface area contributed by atoms with E-state index in [2.05, 4.69) is 18.3 Å². The number of halogens is 1. The van der Waals surface area contributed by atoms with Crippen LogP contribution in [0, 0.1) is 5.82 Å². The lowest BCUT2D eigenvalue weighted by Gasteiger charge is -2.15. The maximum atomic E-state index is 13.3. The van der Waals surface area contributed by atoms with Gasteiger partial charge in [0.1, 0.15) is 11.6 Å². The number of fused-ring (bicyclic) bond motifs is 1. The van der Waals surface area contributed by atoms with Crippen LogP contribution in [0.2, 0.25) is 0 Å². The quantitative estimate of drug-likeness (QED) is 0.699. The summed E-state index contributed by atoms with van der Waals surface area (Å²) in [5, 5.41) is 4.53. The Balaban J connectivity index is 1.89. The summed E-state index contributed by atoms with van der Waals surface area (Å²) >= 11 is 1.72. The minimum absolute atomic E-state index is 0.184. The van der Waals surface area contributed by atoms with Gasteiger partial charge in [-0.2, -0.15) is 0 Å². The monoisotopic (exact) mass is 303 g/mol. The topological polar surface area (TPSA) is 25.2 Å². The van der Waals surface area contributed by atoms with Gasteiger partial charge in [-0.25, -0.2) is 4.39 Å². The number of hydrogen-bond acceptors (Lipinski definition) is 3. The maximum Gasteiger partial charge on any atom is 0.123 e. The zero-order valence-electron chi connectivity index (χ0n) is 11.9. The second kappa shape index (κ2) is 6.41. The third kappa shape index (κ3) is 3.34. The average molecular weight is 303 g/mol. The van der Waals surface area contributed by atoms with Crippen LogP contribution < -0.4 is 5.32 Å². The summed E-state index contributed by atoms with van der Waals surface area (Å²) in [7, 11) is 0. The van der Waals surface area contributed by atoms with E-state index in [1.54, 1.807) is 23.7 Å². The van der Waals surface area contributed by atoms with Crippen molar-refractivity contribution in [2.45, 2.75) is 25.8 Å². The molecule has 1 aromatic carbocycles. The van der Waals surface area contributed by atoms with Crippen molar-refractivity contribution in [3.63, 3.8) is 0 Å². The molecule has 0 spiro atoms. The van der Waals surface area contributed by atoms with E-state index < -0.39 is 0 Å². The second-order valence-electron chi connectivity index (χ2n) is 5.12.